The molecule has 2 heterocycles. The normalized spacial score (nSPS) is 20.4. The van der Waals surface area contributed by atoms with Crippen molar-refractivity contribution in [1.82, 2.24) is 9.97 Å². The van der Waals surface area contributed by atoms with Crippen LogP contribution in [0, 0.1) is 5.92 Å². The number of nitrogens with one attached hydrogen (secondary N) is 1. The largest absolute Gasteiger partial charge is 0.460 e. The fraction of sp³-hybridized carbons (Fsp3) is 0.710. The van der Waals surface area contributed by atoms with Crippen molar-refractivity contribution in [3.63, 3.8) is 0 Å². The molecule has 0 radical (unpaired) electrons. The van der Waals surface area contributed by atoms with E-state index in [1.165, 1.54) is 18.8 Å². The summed E-state index contributed by atoms with van der Waals surface area (Å²) in [6, 6.07) is 1.62. The Bertz CT molecular complexity index is 1140. The van der Waals surface area contributed by atoms with Gasteiger partial charge in [-0.25, -0.2) is 9.97 Å². The maximum absolute atomic E-state index is 13.3. The minimum Gasteiger partial charge on any atom is -0.460 e. The minimum atomic E-state index is -2.13. The van der Waals surface area contributed by atoms with Gasteiger partial charge >= 0.3 is 0 Å². The predicted octanol–water partition coefficient (Wildman–Crippen LogP) is 7.57. The van der Waals surface area contributed by atoms with Gasteiger partial charge in [-0.1, -0.05) is 62.3 Å². The van der Waals surface area contributed by atoms with Crippen LogP contribution in [0.1, 0.15) is 96.8 Å². The number of hydrogen-bond acceptors (Lipinski definition) is 8. The summed E-state index contributed by atoms with van der Waals surface area (Å²) in [5, 5.41) is 13.1. The second-order valence-corrected chi connectivity index (χ2v) is 24.4. The monoisotopic (exact) mass is 603 g/mol. The van der Waals surface area contributed by atoms with Crippen LogP contribution in [-0.4, -0.2) is 56.2 Å². The van der Waals surface area contributed by atoms with Gasteiger partial charge in [0.15, 0.2) is 14.1 Å². The van der Waals surface area contributed by atoms with Gasteiger partial charge in [0.25, 0.3) is 0 Å². The molecule has 1 saturated carbocycles. The Morgan fingerprint density at radius 2 is 1.76 bits per heavy atom. The van der Waals surface area contributed by atoms with Gasteiger partial charge < -0.3 is 23.7 Å². The maximum Gasteiger partial charge on any atom is 0.233 e. The van der Waals surface area contributed by atoms with Crippen molar-refractivity contribution in [2.24, 2.45) is 5.92 Å². The van der Waals surface area contributed by atoms with Crippen molar-refractivity contribution in [3.05, 3.63) is 41.7 Å². The molecule has 0 amide bonds. The second kappa shape index (κ2) is 13.2. The van der Waals surface area contributed by atoms with E-state index in [2.05, 4.69) is 90.7 Å². The number of furan rings is 1. The van der Waals surface area contributed by atoms with E-state index in [9.17, 15) is 9.90 Å². The summed E-state index contributed by atoms with van der Waals surface area (Å²) in [6.45, 7) is 25.9. The Morgan fingerprint density at radius 1 is 1.12 bits per heavy atom. The van der Waals surface area contributed by atoms with Crippen molar-refractivity contribution in [1.29, 1.82) is 0 Å². The molecule has 3 atom stereocenters. The van der Waals surface area contributed by atoms with E-state index in [1.54, 1.807) is 6.07 Å². The number of ketones is 1. The molecule has 8 nitrogen and oxygen atoms in total. The lowest BCUT2D eigenvalue weighted by Gasteiger charge is -2.45. The number of aromatic nitrogens is 2. The van der Waals surface area contributed by atoms with Crippen molar-refractivity contribution < 1.29 is 23.2 Å². The van der Waals surface area contributed by atoms with Gasteiger partial charge in [-0.2, -0.15) is 0 Å². The van der Waals surface area contributed by atoms with E-state index in [0.717, 1.165) is 12.8 Å². The van der Waals surface area contributed by atoms with Crippen molar-refractivity contribution in [3.8, 4) is 0 Å². The van der Waals surface area contributed by atoms with Crippen LogP contribution in [0.3, 0.4) is 0 Å². The zero-order valence-corrected chi connectivity index (χ0v) is 29.1. The lowest BCUT2D eigenvalue weighted by Crippen LogP contribution is -2.51. The van der Waals surface area contributed by atoms with Crippen molar-refractivity contribution in [2.75, 3.05) is 11.9 Å². The number of aliphatic hydroxyl groups is 1. The summed E-state index contributed by atoms with van der Waals surface area (Å²) in [7, 11) is -4.07. The molecule has 0 aliphatic heterocycles. The highest BCUT2D eigenvalue weighted by Gasteiger charge is 2.50. The maximum atomic E-state index is 13.3. The van der Waals surface area contributed by atoms with Gasteiger partial charge in [0.2, 0.25) is 14.1 Å². The molecule has 2 aromatic rings. The topological polar surface area (TPSA) is 107 Å². The van der Waals surface area contributed by atoms with E-state index >= 15 is 0 Å². The Kier molecular flexibility index (Phi) is 10.8. The van der Waals surface area contributed by atoms with Crippen LogP contribution in [0.4, 0.5) is 5.82 Å². The molecule has 10 heteroatoms. The number of hydrogen-bond donors (Lipinski definition) is 2. The highest BCUT2D eigenvalue weighted by molar-refractivity contribution is 6.77. The first-order valence-electron chi connectivity index (χ1n) is 15.1. The number of rotatable bonds is 13. The van der Waals surface area contributed by atoms with E-state index in [0.29, 0.717) is 40.2 Å². The fourth-order valence-corrected chi connectivity index (χ4v) is 12.9. The predicted molar refractivity (Wildman–Crippen MR) is 169 cm³/mol. The zero-order chi connectivity index (χ0) is 30.8. The van der Waals surface area contributed by atoms with Gasteiger partial charge in [-0.15, -0.1) is 0 Å². The van der Waals surface area contributed by atoms with Gasteiger partial charge in [0.05, 0.1) is 24.5 Å². The van der Waals surface area contributed by atoms with Gasteiger partial charge in [0.1, 0.15) is 12.1 Å². The summed E-state index contributed by atoms with van der Waals surface area (Å²) in [6.07, 6.45) is 6.12. The summed E-state index contributed by atoms with van der Waals surface area (Å²) in [5.74, 6) is 0.564. The van der Waals surface area contributed by atoms with Crippen LogP contribution in [0.15, 0.2) is 29.3 Å². The highest BCUT2D eigenvalue weighted by Crippen LogP contribution is 2.46. The highest BCUT2D eigenvalue weighted by atomic mass is 28.4. The summed E-state index contributed by atoms with van der Waals surface area (Å²) in [5.41, 5.74) is 2.35. The number of carbonyl (C=O) groups is 1. The van der Waals surface area contributed by atoms with Crippen molar-refractivity contribution in [2.45, 2.75) is 129 Å². The van der Waals surface area contributed by atoms with Crippen LogP contribution < -0.4 is 5.32 Å². The third kappa shape index (κ3) is 7.38. The molecule has 2 aromatic heterocycles. The first-order valence-corrected chi connectivity index (χ1v) is 20.2. The number of aliphatic hydroxyl groups excluding tert-OH is 1. The average molecular weight is 604 g/mol. The molecule has 0 saturated heterocycles. The van der Waals surface area contributed by atoms with E-state index in [4.69, 9.17) is 13.3 Å². The molecule has 230 valence electrons. The van der Waals surface area contributed by atoms with Crippen LogP contribution >= 0.6 is 0 Å². The molecule has 1 fully saturated rings. The molecule has 3 rings (SSSR count). The van der Waals surface area contributed by atoms with E-state index < -0.39 is 16.6 Å². The van der Waals surface area contributed by atoms with Gasteiger partial charge in [0, 0.05) is 30.3 Å². The number of carbonyl (C=O) groups excluding carboxylic acids is 1. The quantitative estimate of drug-likeness (QED) is 0.178. The molecule has 1 aliphatic carbocycles. The Hall–Kier alpha value is -1.86. The first-order chi connectivity index (χ1) is 19.0. The fourth-order valence-electron chi connectivity index (χ4n) is 6.24. The molecule has 41 heavy (non-hydrogen) atoms. The van der Waals surface area contributed by atoms with Crippen LogP contribution in [-0.2, 0) is 15.5 Å². The number of nitrogens with zero attached hydrogens (tertiary/aromatic N) is 2. The van der Waals surface area contributed by atoms with Crippen molar-refractivity contribution >= 4 is 28.2 Å². The SMILES string of the molecule is CC(C)[Si](O[C@H]1C[C@H](Nc2ncncc2C(=O)c2cc(CO)co2)C[C@@H]1CO[Si](C)(C)C(C)(C)C)(C(C)C)C(C)C. The second-order valence-electron chi connectivity index (χ2n) is 14.2. The third-order valence-corrected chi connectivity index (χ3v) is 20.1. The lowest BCUT2D eigenvalue weighted by molar-refractivity contribution is 0.0971. The summed E-state index contributed by atoms with van der Waals surface area (Å²) < 4.78 is 19.6. The smallest absolute Gasteiger partial charge is 0.233 e. The molecular weight excluding hydrogens is 551 g/mol. The van der Waals surface area contributed by atoms with Gasteiger partial charge in [-0.3, -0.25) is 4.79 Å². The van der Waals surface area contributed by atoms with E-state index in [1.807, 2.05) is 0 Å². The summed E-state index contributed by atoms with van der Waals surface area (Å²) in [4.78, 5) is 21.9. The zero-order valence-electron chi connectivity index (χ0n) is 27.1. The molecule has 1 aliphatic rings. The Balaban J connectivity index is 1.89. The molecule has 0 spiro atoms. The molecule has 0 unspecified atom stereocenters. The molecular formula is C31H53N3O5Si2. The number of anilines is 1. The first kappa shape index (κ1) is 33.6. The Morgan fingerprint density at radius 3 is 2.29 bits per heavy atom. The van der Waals surface area contributed by atoms with Crippen LogP contribution in [0.2, 0.25) is 34.8 Å². The molecule has 0 aromatic carbocycles. The van der Waals surface area contributed by atoms with Crippen LogP contribution in [0.25, 0.3) is 0 Å². The average Bonchev–Trinajstić information content (AvgIpc) is 3.51. The standard InChI is InChI=1S/C31H53N3O5Si2/c1-20(2)41(21(3)4,22(5)6)39-27-14-25(13-24(27)18-38-40(10,11)31(7,8)9)34-30-26(15-32-19-33-30)29(36)28-12-23(16-35)17-37-28/h12,15,17,19-22,24-25,27,35H,13-14,16,18H2,1-11H3,(H,32,33,34)/t24-,25-,27+/m1/s1. The molecule has 0 bridgehead atoms. The minimum absolute atomic E-state index is 0.0642. The Labute approximate surface area is 249 Å². The molecule has 2 N–H and O–H groups in total. The third-order valence-electron chi connectivity index (χ3n) is 9.51. The van der Waals surface area contributed by atoms with Crippen LogP contribution in [0.5, 0.6) is 0 Å². The summed E-state index contributed by atoms with van der Waals surface area (Å²) >= 11 is 0. The lowest BCUT2D eigenvalue weighted by atomic mass is 10.1. The van der Waals surface area contributed by atoms with E-state index in [-0.39, 0.29) is 41.3 Å². The van der Waals surface area contributed by atoms with Gasteiger partial charge in [-0.05, 0) is 53.7 Å².